The van der Waals surface area contributed by atoms with Crippen LogP contribution in [0.3, 0.4) is 0 Å². The Hall–Kier alpha value is -2.76. The lowest BCUT2D eigenvalue weighted by atomic mass is 10.2. The van der Waals surface area contributed by atoms with Crippen LogP contribution >= 0.6 is 0 Å². The fraction of sp³-hybridized carbons (Fsp3) is 0.0667. The zero-order valence-corrected chi connectivity index (χ0v) is 10.8. The van der Waals surface area contributed by atoms with E-state index in [1.807, 2.05) is 0 Å². The van der Waals surface area contributed by atoms with Crippen LogP contribution in [0.1, 0.15) is 0 Å². The zero-order chi connectivity index (χ0) is 15.0. The van der Waals surface area contributed by atoms with Crippen LogP contribution in [0, 0.1) is 11.6 Å². The summed E-state index contributed by atoms with van der Waals surface area (Å²) >= 11 is 0. The number of benzene rings is 2. The van der Waals surface area contributed by atoms with Crippen molar-refractivity contribution in [1.29, 1.82) is 0 Å². The summed E-state index contributed by atoms with van der Waals surface area (Å²) in [6.07, 6.45) is 0. The Morgan fingerprint density at radius 3 is 2.62 bits per heavy atom. The molecular weight excluding hydrogens is 278 g/mol. The van der Waals surface area contributed by atoms with Crippen LogP contribution in [0.15, 0.2) is 42.5 Å². The van der Waals surface area contributed by atoms with Crippen molar-refractivity contribution >= 4 is 17.0 Å². The monoisotopic (exact) mass is 288 g/mol. The average molecular weight is 288 g/mol. The van der Waals surface area contributed by atoms with Crippen LogP contribution in [-0.4, -0.2) is 20.6 Å². The number of carbonyl (C=O) groups is 1. The topological polar surface area (TPSA) is 55.1 Å². The molecule has 6 heteroatoms. The second-order valence-corrected chi connectivity index (χ2v) is 4.53. The third kappa shape index (κ3) is 2.35. The normalized spacial score (nSPS) is 11.0. The predicted molar refractivity (Wildman–Crippen MR) is 72.7 cm³/mol. The molecule has 0 bridgehead atoms. The number of carboxylic acids is 1. The van der Waals surface area contributed by atoms with E-state index in [1.165, 1.54) is 10.6 Å². The van der Waals surface area contributed by atoms with Gasteiger partial charge in [0.1, 0.15) is 12.4 Å². The molecule has 2 aromatic carbocycles. The highest BCUT2D eigenvalue weighted by atomic mass is 19.2. The summed E-state index contributed by atoms with van der Waals surface area (Å²) in [6, 6.07) is 10.4. The molecule has 0 saturated carbocycles. The average Bonchev–Trinajstić information content (AvgIpc) is 2.80. The number of aromatic nitrogens is 2. The highest BCUT2D eigenvalue weighted by Gasteiger charge is 2.15. The van der Waals surface area contributed by atoms with Crippen molar-refractivity contribution in [1.82, 2.24) is 9.55 Å². The number of halogens is 2. The minimum Gasteiger partial charge on any atom is -0.480 e. The quantitative estimate of drug-likeness (QED) is 0.806. The van der Waals surface area contributed by atoms with E-state index >= 15 is 0 Å². The van der Waals surface area contributed by atoms with Gasteiger partial charge in [0.2, 0.25) is 0 Å². The molecule has 106 valence electrons. The summed E-state index contributed by atoms with van der Waals surface area (Å²) in [7, 11) is 0. The van der Waals surface area contributed by atoms with E-state index in [0.29, 0.717) is 16.6 Å². The molecule has 3 aromatic rings. The van der Waals surface area contributed by atoms with Gasteiger partial charge in [0.15, 0.2) is 11.6 Å². The second kappa shape index (κ2) is 4.97. The molecule has 1 heterocycles. The van der Waals surface area contributed by atoms with Gasteiger partial charge in [-0.2, -0.15) is 0 Å². The molecule has 0 amide bonds. The standard InChI is InChI=1S/C15H10F2N2O2/c16-10-6-5-9(7-11(10)17)15-18-12-3-1-2-4-13(12)19(15)8-14(20)21/h1-7H,8H2,(H,20,21). The van der Waals surface area contributed by atoms with E-state index in [2.05, 4.69) is 4.98 Å². The van der Waals surface area contributed by atoms with E-state index in [-0.39, 0.29) is 12.4 Å². The summed E-state index contributed by atoms with van der Waals surface area (Å²) in [6.45, 7) is -0.311. The summed E-state index contributed by atoms with van der Waals surface area (Å²) in [5, 5.41) is 9.03. The van der Waals surface area contributed by atoms with Crippen LogP contribution in [0.2, 0.25) is 0 Å². The van der Waals surface area contributed by atoms with Crippen molar-refractivity contribution in [2.24, 2.45) is 0 Å². The Bertz CT molecular complexity index is 843. The largest absolute Gasteiger partial charge is 0.480 e. The van der Waals surface area contributed by atoms with Crippen molar-refractivity contribution in [3.05, 3.63) is 54.1 Å². The molecule has 0 aliphatic heterocycles. The van der Waals surface area contributed by atoms with Crippen molar-refractivity contribution < 1.29 is 18.7 Å². The Kier molecular flexibility index (Phi) is 3.13. The molecule has 0 aliphatic carbocycles. The Balaban J connectivity index is 2.25. The van der Waals surface area contributed by atoms with Gasteiger partial charge in [0.25, 0.3) is 0 Å². The van der Waals surface area contributed by atoms with Gasteiger partial charge in [0.05, 0.1) is 11.0 Å². The van der Waals surface area contributed by atoms with Gasteiger partial charge in [-0.05, 0) is 30.3 Å². The molecule has 0 spiro atoms. The van der Waals surface area contributed by atoms with E-state index in [1.54, 1.807) is 24.3 Å². The number of hydrogen-bond donors (Lipinski definition) is 1. The zero-order valence-electron chi connectivity index (χ0n) is 10.8. The third-order valence-corrected chi connectivity index (χ3v) is 3.13. The van der Waals surface area contributed by atoms with Gasteiger partial charge in [0, 0.05) is 5.56 Å². The number of rotatable bonds is 3. The molecule has 0 radical (unpaired) electrons. The molecule has 21 heavy (non-hydrogen) atoms. The maximum Gasteiger partial charge on any atom is 0.323 e. The lowest BCUT2D eigenvalue weighted by Crippen LogP contribution is -2.10. The van der Waals surface area contributed by atoms with Crippen molar-refractivity contribution in [2.75, 3.05) is 0 Å². The Morgan fingerprint density at radius 1 is 1.14 bits per heavy atom. The Morgan fingerprint density at radius 2 is 1.90 bits per heavy atom. The van der Waals surface area contributed by atoms with Crippen molar-refractivity contribution in [2.45, 2.75) is 6.54 Å². The van der Waals surface area contributed by atoms with Gasteiger partial charge in [-0.15, -0.1) is 0 Å². The maximum atomic E-state index is 13.4. The van der Waals surface area contributed by atoms with Gasteiger partial charge >= 0.3 is 5.97 Å². The molecule has 0 aliphatic rings. The number of nitrogens with zero attached hydrogens (tertiary/aromatic N) is 2. The molecule has 0 atom stereocenters. The number of imidazole rings is 1. The first kappa shape index (κ1) is 13.2. The predicted octanol–water partition coefficient (Wildman–Crippen LogP) is 3.07. The minimum atomic E-state index is -1.04. The summed E-state index contributed by atoms with van der Waals surface area (Å²) < 4.78 is 27.9. The summed E-state index contributed by atoms with van der Waals surface area (Å²) in [5.74, 6) is -2.71. The number of fused-ring (bicyclic) bond motifs is 1. The molecule has 0 fully saturated rings. The first-order valence-corrected chi connectivity index (χ1v) is 6.19. The van der Waals surface area contributed by atoms with Crippen LogP contribution in [-0.2, 0) is 11.3 Å². The van der Waals surface area contributed by atoms with E-state index in [4.69, 9.17) is 5.11 Å². The summed E-state index contributed by atoms with van der Waals surface area (Å²) in [5.41, 5.74) is 1.55. The minimum absolute atomic E-state index is 0.289. The lowest BCUT2D eigenvalue weighted by Gasteiger charge is -2.06. The van der Waals surface area contributed by atoms with Crippen LogP contribution in [0.4, 0.5) is 8.78 Å². The number of carboxylic acid groups (broad SMARTS) is 1. The molecule has 1 N–H and O–H groups in total. The van der Waals surface area contributed by atoms with Gasteiger partial charge < -0.3 is 9.67 Å². The second-order valence-electron chi connectivity index (χ2n) is 4.53. The molecule has 0 saturated heterocycles. The van der Waals surface area contributed by atoms with Gasteiger partial charge in [-0.1, -0.05) is 12.1 Å². The van der Waals surface area contributed by atoms with Crippen molar-refractivity contribution in [3.8, 4) is 11.4 Å². The molecule has 0 unspecified atom stereocenters. The molecule has 4 nitrogen and oxygen atoms in total. The highest BCUT2D eigenvalue weighted by Crippen LogP contribution is 2.25. The van der Waals surface area contributed by atoms with Gasteiger partial charge in [-0.3, -0.25) is 4.79 Å². The van der Waals surface area contributed by atoms with Crippen LogP contribution in [0.25, 0.3) is 22.4 Å². The number of aliphatic carboxylic acids is 1. The fourth-order valence-corrected chi connectivity index (χ4v) is 2.23. The molecular formula is C15H10F2N2O2. The highest BCUT2D eigenvalue weighted by molar-refractivity contribution is 5.82. The van der Waals surface area contributed by atoms with E-state index in [0.717, 1.165) is 12.1 Å². The SMILES string of the molecule is O=C(O)Cn1c(-c2ccc(F)c(F)c2)nc2ccccc21. The van der Waals surface area contributed by atoms with Crippen LogP contribution in [0.5, 0.6) is 0 Å². The van der Waals surface area contributed by atoms with Crippen molar-refractivity contribution in [3.63, 3.8) is 0 Å². The first-order valence-electron chi connectivity index (χ1n) is 6.19. The van der Waals surface area contributed by atoms with E-state index < -0.39 is 17.6 Å². The maximum absolute atomic E-state index is 13.4. The van der Waals surface area contributed by atoms with Gasteiger partial charge in [-0.25, -0.2) is 13.8 Å². The smallest absolute Gasteiger partial charge is 0.323 e. The van der Waals surface area contributed by atoms with E-state index in [9.17, 15) is 13.6 Å². The number of para-hydroxylation sites is 2. The van der Waals surface area contributed by atoms with Crippen LogP contribution < -0.4 is 0 Å². The lowest BCUT2D eigenvalue weighted by molar-refractivity contribution is -0.137. The molecule has 3 rings (SSSR count). The fourth-order valence-electron chi connectivity index (χ4n) is 2.23. The Labute approximate surface area is 118 Å². The summed E-state index contributed by atoms with van der Waals surface area (Å²) in [4.78, 5) is 15.3. The number of hydrogen-bond acceptors (Lipinski definition) is 2. The first-order chi connectivity index (χ1) is 10.1. The third-order valence-electron chi connectivity index (χ3n) is 3.13. The molecule has 1 aromatic heterocycles.